The molecule has 3 aromatic rings. The lowest BCUT2D eigenvalue weighted by Crippen LogP contribution is -2.08. The van der Waals surface area contributed by atoms with Crippen molar-refractivity contribution in [3.8, 4) is 22.6 Å². The molecule has 0 radical (unpaired) electrons. The van der Waals surface area contributed by atoms with E-state index < -0.39 is 22.6 Å². The second kappa shape index (κ2) is 7.74. The lowest BCUT2D eigenvalue weighted by Gasteiger charge is -2.08. The molecule has 0 saturated heterocycles. The molecule has 0 aliphatic carbocycles. The van der Waals surface area contributed by atoms with Gasteiger partial charge in [0.2, 0.25) is 0 Å². The van der Waals surface area contributed by atoms with Crippen LogP contribution >= 0.6 is 0 Å². The average molecular weight is 406 g/mol. The second-order valence-electron chi connectivity index (χ2n) is 5.81. The highest BCUT2D eigenvalue weighted by Gasteiger charge is 2.33. The summed E-state index contributed by atoms with van der Waals surface area (Å²) in [4.78, 5) is 23.2. The van der Waals surface area contributed by atoms with Crippen LogP contribution in [0.15, 0.2) is 53.1 Å². The van der Waals surface area contributed by atoms with Crippen molar-refractivity contribution in [2.45, 2.75) is 13.1 Å². The Labute approximate surface area is 161 Å². The molecule has 0 unspecified atom stereocenters. The molecule has 0 amide bonds. The van der Waals surface area contributed by atoms with Gasteiger partial charge in [-0.1, -0.05) is 29.4 Å². The number of hydrogen-bond acceptors (Lipinski definition) is 6. The van der Waals surface area contributed by atoms with E-state index in [1.165, 1.54) is 30.3 Å². The van der Waals surface area contributed by atoms with Gasteiger partial charge in [0, 0.05) is 11.6 Å². The van der Waals surface area contributed by atoms with Gasteiger partial charge in [-0.05, 0) is 25.1 Å². The van der Waals surface area contributed by atoms with E-state index in [0.717, 1.165) is 18.2 Å². The first kappa shape index (κ1) is 20.1. The van der Waals surface area contributed by atoms with Crippen LogP contribution in [0.1, 0.15) is 22.8 Å². The van der Waals surface area contributed by atoms with Crippen LogP contribution in [-0.4, -0.2) is 22.7 Å². The molecule has 7 nitrogen and oxygen atoms in total. The Hall–Kier alpha value is -3.69. The van der Waals surface area contributed by atoms with Gasteiger partial charge in [0.1, 0.15) is 11.3 Å². The summed E-state index contributed by atoms with van der Waals surface area (Å²) in [7, 11) is 0. The van der Waals surface area contributed by atoms with Crippen LogP contribution in [0.3, 0.4) is 0 Å². The number of rotatable bonds is 5. The zero-order valence-electron chi connectivity index (χ0n) is 14.9. The number of nitrogens with zero attached hydrogens (tertiary/aromatic N) is 2. The van der Waals surface area contributed by atoms with Crippen molar-refractivity contribution in [1.82, 2.24) is 5.16 Å². The number of carbonyl (C=O) groups excluding carboxylic acids is 1. The largest absolute Gasteiger partial charge is 0.462 e. The molecule has 0 spiro atoms. The molecule has 2 aromatic carbocycles. The summed E-state index contributed by atoms with van der Waals surface area (Å²) in [5, 5.41) is 15.1. The molecule has 0 aliphatic rings. The lowest BCUT2D eigenvalue weighted by molar-refractivity contribution is -0.384. The van der Waals surface area contributed by atoms with Crippen LogP contribution in [0.2, 0.25) is 0 Å². The van der Waals surface area contributed by atoms with Gasteiger partial charge < -0.3 is 9.26 Å². The Morgan fingerprint density at radius 2 is 1.93 bits per heavy atom. The van der Waals surface area contributed by atoms with Crippen LogP contribution in [0.25, 0.3) is 22.6 Å². The molecule has 150 valence electrons. The van der Waals surface area contributed by atoms with Gasteiger partial charge in [-0.15, -0.1) is 0 Å². The van der Waals surface area contributed by atoms with Gasteiger partial charge in [0.05, 0.1) is 22.7 Å². The maximum atomic E-state index is 13.1. The van der Waals surface area contributed by atoms with Crippen LogP contribution in [0.5, 0.6) is 0 Å². The summed E-state index contributed by atoms with van der Waals surface area (Å²) in [6.45, 7) is 1.52. The minimum atomic E-state index is -4.61. The van der Waals surface area contributed by atoms with Gasteiger partial charge in [-0.25, -0.2) is 4.79 Å². The zero-order valence-corrected chi connectivity index (χ0v) is 14.9. The second-order valence-corrected chi connectivity index (χ2v) is 5.81. The predicted molar refractivity (Wildman–Crippen MR) is 95.0 cm³/mol. The van der Waals surface area contributed by atoms with Gasteiger partial charge >= 0.3 is 12.1 Å². The third-order valence-corrected chi connectivity index (χ3v) is 3.98. The number of nitro groups is 1. The first-order chi connectivity index (χ1) is 13.7. The highest BCUT2D eigenvalue weighted by Crippen LogP contribution is 2.38. The number of alkyl halides is 3. The Morgan fingerprint density at radius 3 is 2.59 bits per heavy atom. The van der Waals surface area contributed by atoms with E-state index in [1.807, 2.05) is 0 Å². The number of nitro benzene ring substituents is 1. The smallest absolute Gasteiger partial charge is 0.416 e. The van der Waals surface area contributed by atoms with Crippen LogP contribution in [-0.2, 0) is 10.9 Å². The molecule has 0 aliphatic heterocycles. The number of hydrogen-bond donors (Lipinski definition) is 0. The summed E-state index contributed by atoms with van der Waals surface area (Å²) >= 11 is 0. The summed E-state index contributed by atoms with van der Waals surface area (Å²) < 4.78 is 49.4. The first-order valence-electron chi connectivity index (χ1n) is 8.32. The molecule has 3 rings (SSSR count). The van der Waals surface area contributed by atoms with Crippen molar-refractivity contribution >= 4 is 11.7 Å². The Balaban J connectivity index is 2.24. The minimum absolute atomic E-state index is 0.0254. The van der Waals surface area contributed by atoms with Crippen molar-refractivity contribution in [1.29, 1.82) is 0 Å². The number of benzene rings is 2. The summed E-state index contributed by atoms with van der Waals surface area (Å²) in [6, 6.07) is 9.62. The fourth-order valence-corrected chi connectivity index (χ4v) is 2.73. The van der Waals surface area contributed by atoms with Crippen LogP contribution in [0, 0.1) is 10.1 Å². The predicted octanol–water partition coefficient (Wildman–Crippen LogP) is 5.11. The van der Waals surface area contributed by atoms with E-state index in [4.69, 9.17) is 9.26 Å². The van der Waals surface area contributed by atoms with Crippen LogP contribution < -0.4 is 0 Å². The zero-order chi connectivity index (χ0) is 21.2. The topological polar surface area (TPSA) is 95.5 Å². The maximum Gasteiger partial charge on any atom is 0.416 e. The Kier molecular flexibility index (Phi) is 5.35. The average Bonchev–Trinajstić information content (AvgIpc) is 3.12. The number of para-hydroxylation sites is 1. The van der Waals surface area contributed by atoms with Crippen molar-refractivity contribution in [3.63, 3.8) is 0 Å². The molecule has 0 N–H and O–H groups in total. The van der Waals surface area contributed by atoms with E-state index in [1.54, 1.807) is 6.92 Å². The number of halogens is 3. The van der Waals surface area contributed by atoms with Gasteiger partial charge in [0.15, 0.2) is 5.76 Å². The molecule has 0 atom stereocenters. The molecule has 29 heavy (non-hydrogen) atoms. The standard InChI is InChI=1S/C19H13F3N2O5/c1-2-28-18(25)15-16(11-6-5-7-12(10-11)19(20,21)22)23-29-17(15)13-8-3-4-9-14(13)24(26)27/h3-10H,2H2,1H3. The molecule has 0 saturated carbocycles. The first-order valence-corrected chi connectivity index (χ1v) is 8.32. The highest BCUT2D eigenvalue weighted by atomic mass is 19.4. The molecule has 10 heteroatoms. The molecule has 0 fully saturated rings. The number of esters is 1. The van der Waals surface area contributed by atoms with E-state index in [0.29, 0.717) is 0 Å². The van der Waals surface area contributed by atoms with Crippen molar-refractivity contribution in [2.75, 3.05) is 6.61 Å². The summed E-state index contributed by atoms with van der Waals surface area (Å²) in [6.07, 6.45) is -4.61. The van der Waals surface area contributed by atoms with Crippen molar-refractivity contribution in [3.05, 3.63) is 69.8 Å². The number of ether oxygens (including phenoxy) is 1. The SMILES string of the molecule is CCOC(=O)c1c(-c2cccc(C(F)(F)F)c2)noc1-c1ccccc1[N+](=O)[O-]. The molecular formula is C19H13F3N2O5. The number of aromatic nitrogens is 1. The quantitative estimate of drug-likeness (QED) is 0.332. The van der Waals surface area contributed by atoms with E-state index in [9.17, 15) is 28.1 Å². The Bertz CT molecular complexity index is 1080. The maximum absolute atomic E-state index is 13.1. The fraction of sp³-hybridized carbons (Fsp3) is 0.158. The minimum Gasteiger partial charge on any atom is -0.462 e. The normalized spacial score (nSPS) is 11.3. The number of carbonyl (C=O) groups is 1. The molecule has 1 heterocycles. The van der Waals surface area contributed by atoms with Gasteiger partial charge in [0.25, 0.3) is 5.69 Å². The van der Waals surface area contributed by atoms with Gasteiger partial charge in [-0.2, -0.15) is 13.2 Å². The summed E-state index contributed by atoms with van der Waals surface area (Å²) in [5.74, 6) is -1.18. The Morgan fingerprint density at radius 1 is 1.21 bits per heavy atom. The highest BCUT2D eigenvalue weighted by molar-refractivity contribution is 6.02. The van der Waals surface area contributed by atoms with Crippen molar-refractivity contribution in [2.24, 2.45) is 0 Å². The lowest BCUT2D eigenvalue weighted by atomic mass is 10.00. The molecule has 1 aromatic heterocycles. The monoisotopic (exact) mass is 406 g/mol. The summed E-state index contributed by atoms with van der Waals surface area (Å²) in [5.41, 5.74) is -1.89. The molecular weight excluding hydrogens is 393 g/mol. The van der Waals surface area contributed by atoms with Crippen LogP contribution in [0.4, 0.5) is 18.9 Å². The van der Waals surface area contributed by atoms with E-state index >= 15 is 0 Å². The fourth-order valence-electron chi connectivity index (χ4n) is 2.73. The van der Waals surface area contributed by atoms with E-state index in [-0.39, 0.29) is 40.4 Å². The van der Waals surface area contributed by atoms with Gasteiger partial charge in [-0.3, -0.25) is 10.1 Å². The third-order valence-electron chi connectivity index (χ3n) is 3.98. The van der Waals surface area contributed by atoms with Crippen molar-refractivity contribution < 1.29 is 32.1 Å². The molecule has 0 bridgehead atoms. The third kappa shape index (κ3) is 3.96. The van der Waals surface area contributed by atoms with E-state index in [2.05, 4.69) is 5.16 Å².